The Hall–Kier alpha value is -1.62. The molecule has 1 aromatic rings. The summed E-state index contributed by atoms with van der Waals surface area (Å²) in [4.78, 5) is 13.1. The highest BCUT2D eigenvalue weighted by atomic mass is 19.1. The number of aliphatic carboxylic acids is 1. The highest BCUT2D eigenvalue weighted by Crippen LogP contribution is 2.47. The van der Waals surface area contributed by atoms with Crippen LogP contribution in [0.1, 0.15) is 50.5 Å². The van der Waals surface area contributed by atoms with Gasteiger partial charge in [-0.15, -0.1) is 0 Å². The minimum Gasteiger partial charge on any atom is -0.508 e. The van der Waals surface area contributed by atoms with Gasteiger partial charge in [0.25, 0.3) is 0 Å². The molecule has 0 bridgehead atoms. The third-order valence-electron chi connectivity index (χ3n) is 5.98. The topological polar surface area (TPSA) is 60.8 Å². The van der Waals surface area contributed by atoms with Crippen molar-refractivity contribution in [1.29, 1.82) is 0 Å². The number of rotatable bonds is 4. The maximum Gasteiger partial charge on any atom is 0.303 e. The van der Waals surface area contributed by atoms with Crippen molar-refractivity contribution in [1.82, 2.24) is 4.90 Å². The number of carbonyl (C=O) groups is 1. The zero-order valence-electron chi connectivity index (χ0n) is 14.0. The Labute approximate surface area is 142 Å². The van der Waals surface area contributed by atoms with Crippen molar-refractivity contribution in [3.05, 3.63) is 29.6 Å². The molecule has 1 saturated heterocycles. The van der Waals surface area contributed by atoms with Gasteiger partial charge in [0.1, 0.15) is 11.6 Å². The van der Waals surface area contributed by atoms with Crippen molar-refractivity contribution in [3.63, 3.8) is 0 Å². The van der Waals surface area contributed by atoms with Crippen molar-refractivity contribution in [2.75, 3.05) is 13.1 Å². The normalized spacial score (nSPS) is 21.9. The molecule has 1 aromatic carbocycles. The van der Waals surface area contributed by atoms with Crippen molar-refractivity contribution in [3.8, 4) is 5.75 Å². The molecule has 1 aliphatic heterocycles. The van der Waals surface area contributed by atoms with Gasteiger partial charge in [-0.05, 0) is 81.1 Å². The first-order valence-electron chi connectivity index (χ1n) is 8.87. The SMILES string of the molecule is O=C(O)CC1CCC2(CC1)CCN(Cc1cc(F)ccc1O)CC2. The summed E-state index contributed by atoms with van der Waals surface area (Å²) in [7, 11) is 0. The van der Waals surface area contributed by atoms with Gasteiger partial charge in [0.2, 0.25) is 0 Å². The molecular weight excluding hydrogens is 309 g/mol. The first-order valence-corrected chi connectivity index (χ1v) is 8.87. The second-order valence-electron chi connectivity index (χ2n) is 7.59. The number of halogens is 1. The van der Waals surface area contributed by atoms with Crippen LogP contribution in [-0.2, 0) is 11.3 Å². The molecule has 1 saturated carbocycles. The fourth-order valence-corrected chi connectivity index (χ4v) is 4.35. The van der Waals surface area contributed by atoms with Crippen molar-refractivity contribution < 1.29 is 19.4 Å². The average molecular weight is 335 g/mol. The van der Waals surface area contributed by atoms with Gasteiger partial charge in [-0.2, -0.15) is 0 Å². The molecule has 2 aliphatic rings. The monoisotopic (exact) mass is 335 g/mol. The molecule has 5 heteroatoms. The van der Waals surface area contributed by atoms with Crippen LogP contribution in [0, 0.1) is 17.2 Å². The highest BCUT2D eigenvalue weighted by Gasteiger charge is 2.38. The smallest absolute Gasteiger partial charge is 0.303 e. The Morgan fingerprint density at radius 2 is 1.88 bits per heavy atom. The molecule has 1 aliphatic carbocycles. The van der Waals surface area contributed by atoms with E-state index in [0.717, 1.165) is 51.6 Å². The van der Waals surface area contributed by atoms with Gasteiger partial charge in [0, 0.05) is 18.5 Å². The lowest BCUT2D eigenvalue weighted by Gasteiger charge is -2.46. The number of likely N-dealkylation sites (tertiary alicyclic amines) is 1. The minimum atomic E-state index is -0.680. The zero-order chi connectivity index (χ0) is 17.2. The molecule has 0 atom stereocenters. The van der Waals surface area contributed by atoms with E-state index >= 15 is 0 Å². The van der Waals surface area contributed by atoms with E-state index in [1.807, 2.05) is 0 Å². The lowest BCUT2D eigenvalue weighted by atomic mass is 9.65. The predicted molar refractivity (Wildman–Crippen MR) is 89.2 cm³/mol. The van der Waals surface area contributed by atoms with Gasteiger partial charge in [0.05, 0.1) is 0 Å². The van der Waals surface area contributed by atoms with Crippen LogP contribution >= 0.6 is 0 Å². The second kappa shape index (κ2) is 7.09. The van der Waals surface area contributed by atoms with Gasteiger partial charge in [-0.25, -0.2) is 4.39 Å². The molecule has 0 unspecified atom stereocenters. The van der Waals surface area contributed by atoms with Gasteiger partial charge < -0.3 is 10.2 Å². The number of hydrogen-bond donors (Lipinski definition) is 2. The summed E-state index contributed by atoms with van der Waals surface area (Å²) in [6.07, 6.45) is 6.84. The van der Waals surface area contributed by atoms with E-state index in [1.54, 1.807) is 0 Å². The number of benzene rings is 1. The van der Waals surface area contributed by atoms with Crippen molar-refractivity contribution >= 4 is 5.97 Å². The minimum absolute atomic E-state index is 0.158. The summed E-state index contributed by atoms with van der Waals surface area (Å²) in [6.45, 7) is 2.50. The summed E-state index contributed by atoms with van der Waals surface area (Å²) < 4.78 is 13.3. The van der Waals surface area contributed by atoms with Crippen LogP contribution < -0.4 is 0 Å². The van der Waals surface area contributed by atoms with Gasteiger partial charge in [-0.3, -0.25) is 9.69 Å². The molecule has 4 nitrogen and oxygen atoms in total. The number of hydrogen-bond acceptors (Lipinski definition) is 3. The maximum absolute atomic E-state index is 13.3. The summed E-state index contributed by atoms with van der Waals surface area (Å²) in [6, 6.07) is 4.11. The van der Waals surface area contributed by atoms with Crippen LogP contribution in [0.3, 0.4) is 0 Å². The number of carboxylic acids is 1. The third kappa shape index (κ3) is 4.07. The van der Waals surface area contributed by atoms with Crippen LogP contribution in [0.15, 0.2) is 18.2 Å². The summed E-state index contributed by atoms with van der Waals surface area (Å²) in [5, 5.41) is 18.8. The molecule has 2 N–H and O–H groups in total. The molecule has 24 heavy (non-hydrogen) atoms. The Balaban J connectivity index is 1.51. The lowest BCUT2D eigenvalue weighted by molar-refractivity contribution is -0.138. The van der Waals surface area contributed by atoms with Gasteiger partial charge in [-0.1, -0.05) is 0 Å². The Kier molecular flexibility index (Phi) is 5.09. The Morgan fingerprint density at radius 3 is 2.50 bits per heavy atom. The zero-order valence-corrected chi connectivity index (χ0v) is 14.0. The fraction of sp³-hybridized carbons (Fsp3) is 0.632. The summed E-state index contributed by atoms with van der Waals surface area (Å²) in [5.74, 6) is -0.491. The van der Waals surface area contributed by atoms with E-state index in [0.29, 0.717) is 29.9 Å². The van der Waals surface area contributed by atoms with E-state index < -0.39 is 5.97 Å². The molecule has 3 rings (SSSR count). The Bertz CT molecular complexity index is 586. The Morgan fingerprint density at radius 1 is 1.21 bits per heavy atom. The number of nitrogens with zero attached hydrogens (tertiary/aromatic N) is 1. The molecule has 0 radical (unpaired) electrons. The molecule has 0 amide bonds. The summed E-state index contributed by atoms with van der Waals surface area (Å²) in [5.41, 5.74) is 1.02. The molecule has 1 spiro atoms. The van der Waals surface area contributed by atoms with E-state index in [2.05, 4.69) is 4.90 Å². The molecule has 2 fully saturated rings. The lowest BCUT2D eigenvalue weighted by Crippen LogP contribution is -2.41. The van der Waals surface area contributed by atoms with E-state index in [9.17, 15) is 14.3 Å². The van der Waals surface area contributed by atoms with E-state index in [4.69, 9.17) is 5.11 Å². The van der Waals surface area contributed by atoms with Crippen LogP contribution in [0.25, 0.3) is 0 Å². The first kappa shape index (κ1) is 17.2. The number of aromatic hydroxyl groups is 1. The van der Waals surface area contributed by atoms with E-state index in [-0.39, 0.29) is 11.6 Å². The quantitative estimate of drug-likeness (QED) is 0.879. The molecule has 1 heterocycles. The van der Waals surface area contributed by atoms with Crippen LogP contribution in [0.4, 0.5) is 4.39 Å². The standard InChI is InChI=1S/C19H26FNO3/c20-16-1-2-17(22)15(12-16)13-21-9-7-19(8-10-21)5-3-14(4-6-19)11-18(23)24/h1-2,12,14,22H,3-11,13H2,(H,23,24). The maximum atomic E-state index is 13.3. The van der Waals surface area contributed by atoms with Crippen molar-refractivity contribution in [2.45, 2.75) is 51.5 Å². The number of carboxylic acid groups (broad SMARTS) is 1. The summed E-state index contributed by atoms with van der Waals surface area (Å²) >= 11 is 0. The van der Waals surface area contributed by atoms with E-state index in [1.165, 1.54) is 18.2 Å². The van der Waals surface area contributed by atoms with Crippen LogP contribution in [0.2, 0.25) is 0 Å². The third-order valence-corrected chi connectivity index (χ3v) is 5.98. The number of phenolic OH excluding ortho intramolecular Hbond substituents is 1. The molecule has 0 aromatic heterocycles. The van der Waals surface area contributed by atoms with Gasteiger partial charge >= 0.3 is 5.97 Å². The predicted octanol–water partition coefficient (Wildman–Crippen LogP) is 3.78. The van der Waals surface area contributed by atoms with Gasteiger partial charge in [0.15, 0.2) is 0 Å². The van der Waals surface area contributed by atoms with Crippen LogP contribution in [-0.4, -0.2) is 34.2 Å². The second-order valence-corrected chi connectivity index (χ2v) is 7.59. The molecule has 132 valence electrons. The molecular formula is C19H26FNO3. The highest BCUT2D eigenvalue weighted by molar-refractivity contribution is 5.67. The largest absolute Gasteiger partial charge is 0.508 e. The van der Waals surface area contributed by atoms with Crippen molar-refractivity contribution in [2.24, 2.45) is 11.3 Å². The fourth-order valence-electron chi connectivity index (χ4n) is 4.35. The van der Waals surface area contributed by atoms with Crippen LogP contribution in [0.5, 0.6) is 5.75 Å². The number of piperidine rings is 1. The first-order chi connectivity index (χ1) is 11.5. The number of phenols is 1. The average Bonchev–Trinajstić information content (AvgIpc) is 2.55.